The van der Waals surface area contributed by atoms with Gasteiger partial charge in [-0.15, -0.1) is 0 Å². The summed E-state index contributed by atoms with van der Waals surface area (Å²) < 4.78 is 0. The summed E-state index contributed by atoms with van der Waals surface area (Å²) in [7, 11) is 0. The predicted octanol–water partition coefficient (Wildman–Crippen LogP) is -3.26. The fourth-order valence-electron chi connectivity index (χ4n) is 1.67. The van der Waals surface area contributed by atoms with Crippen LogP contribution in [0.1, 0.15) is 25.7 Å². The van der Waals surface area contributed by atoms with Crippen molar-refractivity contribution in [1.82, 2.24) is 21.3 Å². The van der Waals surface area contributed by atoms with Crippen LogP contribution in [0.4, 0.5) is 0 Å². The van der Waals surface area contributed by atoms with Crippen molar-refractivity contribution in [3.8, 4) is 0 Å². The molecule has 0 aliphatic heterocycles. The SMILES string of the molecule is NCC(=O)NCCCCCCNC(=O)CN.NCCNCNCCN. The van der Waals surface area contributed by atoms with E-state index in [4.69, 9.17) is 22.9 Å². The Morgan fingerprint density at radius 2 is 1.00 bits per heavy atom. The van der Waals surface area contributed by atoms with Gasteiger partial charge in [0.25, 0.3) is 0 Å². The van der Waals surface area contributed by atoms with Gasteiger partial charge in [0.1, 0.15) is 0 Å². The smallest absolute Gasteiger partial charge is 0.233 e. The predicted molar refractivity (Wildman–Crippen MR) is 102 cm³/mol. The van der Waals surface area contributed by atoms with E-state index in [1.807, 2.05) is 0 Å². The van der Waals surface area contributed by atoms with Crippen molar-refractivity contribution >= 4 is 11.8 Å². The second-order valence-corrected chi connectivity index (χ2v) is 5.28. The largest absolute Gasteiger partial charge is 0.355 e. The van der Waals surface area contributed by atoms with Gasteiger partial charge < -0.3 is 44.2 Å². The van der Waals surface area contributed by atoms with Crippen LogP contribution < -0.4 is 44.2 Å². The van der Waals surface area contributed by atoms with Gasteiger partial charge in [-0.05, 0) is 12.8 Å². The third-order valence-corrected chi connectivity index (χ3v) is 3.01. The van der Waals surface area contributed by atoms with Crippen LogP contribution in [-0.2, 0) is 9.59 Å². The molecule has 0 aliphatic carbocycles. The molecule has 0 bridgehead atoms. The van der Waals surface area contributed by atoms with Gasteiger partial charge in [-0.2, -0.15) is 0 Å². The van der Waals surface area contributed by atoms with E-state index in [1.54, 1.807) is 0 Å². The summed E-state index contributed by atoms with van der Waals surface area (Å²) in [6, 6.07) is 0. The Morgan fingerprint density at radius 1 is 0.600 bits per heavy atom. The van der Waals surface area contributed by atoms with E-state index in [2.05, 4.69) is 21.3 Å². The number of carbonyl (C=O) groups excluding carboxylic acids is 2. The second kappa shape index (κ2) is 22.7. The molecule has 0 aliphatic rings. The molecule has 0 fully saturated rings. The molecule has 25 heavy (non-hydrogen) atoms. The fraction of sp³-hybridized carbons (Fsp3) is 0.867. The first-order valence-corrected chi connectivity index (χ1v) is 8.87. The van der Waals surface area contributed by atoms with Gasteiger partial charge >= 0.3 is 0 Å². The summed E-state index contributed by atoms with van der Waals surface area (Å²) in [6.45, 7) is 5.32. The van der Waals surface area contributed by atoms with E-state index in [1.165, 1.54) is 0 Å². The Hall–Kier alpha value is -1.30. The van der Waals surface area contributed by atoms with E-state index in [0.29, 0.717) is 26.2 Å². The average molecular weight is 363 g/mol. The second-order valence-electron chi connectivity index (χ2n) is 5.28. The first-order chi connectivity index (χ1) is 12.1. The summed E-state index contributed by atoms with van der Waals surface area (Å²) in [5.41, 5.74) is 20.7. The quantitative estimate of drug-likeness (QED) is 0.110. The van der Waals surface area contributed by atoms with Gasteiger partial charge in [0.2, 0.25) is 11.8 Å². The fourth-order valence-corrected chi connectivity index (χ4v) is 1.67. The molecule has 0 unspecified atom stereocenters. The van der Waals surface area contributed by atoms with Gasteiger partial charge in [-0.3, -0.25) is 9.59 Å². The highest BCUT2D eigenvalue weighted by atomic mass is 16.2. The average Bonchev–Trinajstić information content (AvgIpc) is 2.63. The lowest BCUT2D eigenvalue weighted by atomic mass is 10.2. The number of carbonyl (C=O) groups is 2. The standard InChI is InChI=1S/C10H22N4O2.C5H16N4/c11-7-9(15)13-5-3-1-2-4-6-14-10(16)8-12;6-1-3-8-5-9-4-2-7/h1-8,11-12H2,(H,13,15)(H,14,16);8-9H,1-7H2. The first kappa shape index (κ1) is 25.9. The van der Waals surface area contributed by atoms with Crippen LogP contribution in [0.3, 0.4) is 0 Å². The van der Waals surface area contributed by atoms with Crippen LogP contribution in [0.2, 0.25) is 0 Å². The molecule has 0 aromatic heterocycles. The summed E-state index contributed by atoms with van der Waals surface area (Å²) >= 11 is 0. The lowest BCUT2D eigenvalue weighted by Crippen LogP contribution is -2.35. The number of rotatable bonds is 15. The molecule has 0 aromatic rings. The Balaban J connectivity index is 0. The van der Waals surface area contributed by atoms with Crippen molar-refractivity contribution in [2.75, 3.05) is 59.0 Å². The number of hydrogen-bond donors (Lipinski definition) is 8. The van der Waals surface area contributed by atoms with Gasteiger partial charge in [0, 0.05) is 45.9 Å². The molecule has 0 radical (unpaired) electrons. The van der Waals surface area contributed by atoms with Crippen LogP contribution in [0.15, 0.2) is 0 Å². The molecule has 0 saturated heterocycles. The molecule has 0 heterocycles. The summed E-state index contributed by atoms with van der Waals surface area (Å²) in [4.78, 5) is 21.5. The van der Waals surface area contributed by atoms with Gasteiger partial charge in [-0.1, -0.05) is 12.8 Å². The Kier molecular flexibility index (Phi) is 23.5. The van der Waals surface area contributed by atoms with Crippen molar-refractivity contribution < 1.29 is 9.59 Å². The molecule has 10 heteroatoms. The normalized spacial score (nSPS) is 9.92. The molecule has 10 nitrogen and oxygen atoms in total. The summed E-state index contributed by atoms with van der Waals surface area (Å²) in [5, 5.41) is 11.6. The third kappa shape index (κ3) is 25.1. The molecule has 0 saturated carbocycles. The molecular weight excluding hydrogens is 324 g/mol. The van der Waals surface area contributed by atoms with E-state index < -0.39 is 0 Å². The lowest BCUT2D eigenvalue weighted by Gasteiger charge is -2.04. The minimum absolute atomic E-state index is 0.0467. The topological polar surface area (TPSA) is 186 Å². The third-order valence-electron chi connectivity index (χ3n) is 3.01. The van der Waals surface area contributed by atoms with Gasteiger partial charge in [0.05, 0.1) is 13.1 Å². The highest BCUT2D eigenvalue weighted by Gasteiger charge is 1.97. The van der Waals surface area contributed by atoms with Crippen LogP contribution in [0.25, 0.3) is 0 Å². The molecule has 2 amide bonds. The minimum atomic E-state index is -0.116. The molecule has 12 N–H and O–H groups in total. The highest BCUT2D eigenvalue weighted by molar-refractivity contribution is 5.77. The Bertz CT molecular complexity index is 277. The number of nitrogens with one attached hydrogen (secondary N) is 4. The monoisotopic (exact) mass is 362 g/mol. The lowest BCUT2D eigenvalue weighted by molar-refractivity contribution is -0.120. The highest BCUT2D eigenvalue weighted by Crippen LogP contribution is 1.97. The van der Waals surface area contributed by atoms with E-state index in [0.717, 1.165) is 45.4 Å². The van der Waals surface area contributed by atoms with Crippen molar-refractivity contribution in [3.63, 3.8) is 0 Å². The maximum atomic E-state index is 10.8. The van der Waals surface area contributed by atoms with Crippen LogP contribution in [-0.4, -0.2) is 70.8 Å². The summed E-state index contributed by atoms with van der Waals surface area (Å²) in [6.07, 6.45) is 3.94. The number of unbranched alkanes of at least 4 members (excludes halogenated alkanes) is 3. The molecule has 0 atom stereocenters. The first-order valence-electron chi connectivity index (χ1n) is 8.87. The maximum absolute atomic E-state index is 10.8. The Morgan fingerprint density at radius 3 is 1.32 bits per heavy atom. The molecular formula is C15H38N8O2. The van der Waals surface area contributed by atoms with Crippen LogP contribution in [0, 0.1) is 0 Å². The van der Waals surface area contributed by atoms with Crippen molar-refractivity contribution in [2.24, 2.45) is 22.9 Å². The molecule has 150 valence electrons. The number of hydrogen-bond acceptors (Lipinski definition) is 8. The van der Waals surface area contributed by atoms with Crippen molar-refractivity contribution in [3.05, 3.63) is 0 Å². The zero-order valence-electron chi connectivity index (χ0n) is 15.3. The van der Waals surface area contributed by atoms with Gasteiger partial charge in [0.15, 0.2) is 0 Å². The zero-order valence-corrected chi connectivity index (χ0v) is 15.3. The van der Waals surface area contributed by atoms with E-state index in [9.17, 15) is 9.59 Å². The van der Waals surface area contributed by atoms with Crippen molar-refractivity contribution in [1.29, 1.82) is 0 Å². The molecule has 0 aromatic carbocycles. The minimum Gasteiger partial charge on any atom is -0.355 e. The van der Waals surface area contributed by atoms with E-state index >= 15 is 0 Å². The van der Waals surface area contributed by atoms with Gasteiger partial charge in [-0.25, -0.2) is 0 Å². The number of amides is 2. The zero-order chi connectivity index (χ0) is 19.2. The number of nitrogens with two attached hydrogens (primary N) is 4. The molecule has 0 rings (SSSR count). The van der Waals surface area contributed by atoms with Crippen molar-refractivity contribution in [2.45, 2.75) is 25.7 Å². The van der Waals surface area contributed by atoms with E-state index in [-0.39, 0.29) is 24.9 Å². The van der Waals surface area contributed by atoms with Crippen LogP contribution >= 0.6 is 0 Å². The maximum Gasteiger partial charge on any atom is 0.233 e. The summed E-state index contributed by atoms with van der Waals surface area (Å²) in [5.74, 6) is -0.231. The Labute approximate surface area is 151 Å². The van der Waals surface area contributed by atoms with Crippen LogP contribution in [0.5, 0.6) is 0 Å². The molecule has 0 spiro atoms.